The molecule has 1 aromatic carbocycles. The molecule has 2 atom stereocenters. The SMILES string of the molecule is O=C1[C@H]2C[C@H](CCN2S(=O)(=O)C2CC2)CN1Cc1ccccc1. The maximum Gasteiger partial charge on any atom is 0.241 e. The van der Waals surface area contributed by atoms with E-state index in [4.69, 9.17) is 0 Å². The average Bonchev–Trinajstić information content (AvgIpc) is 3.39. The van der Waals surface area contributed by atoms with Crippen LogP contribution in [0.5, 0.6) is 0 Å². The topological polar surface area (TPSA) is 57.7 Å². The van der Waals surface area contributed by atoms with Crippen LogP contribution >= 0.6 is 0 Å². The largest absolute Gasteiger partial charge is 0.337 e. The Morgan fingerprint density at radius 2 is 1.83 bits per heavy atom. The molecule has 1 saturated carbocycles. The second-order valence-corrected chi connectivity index (χ2v) is 9.13. The molecule has 1 aliphatic carbocycles. The number of benzene rings is 1. The molecule has 6 heteroatoms. The summed E-state index contributed by atoms with van der Waals surface area (Å²) < 4.78 is 26.7. The minimum absolute atomic E-state index is 0.0194. The van der Waals surface area contributed by atoms with Crippen molar-refractivity contribution in [3.05, 3.63) is 35.9 Å². The summed E-state index contributed by atoms with van der Waals surface area (Å²) in [5.74, 6) is 0.404. The average molecular weight is 334 g/mol. The van der Waals surface area contributed by atoms with Crippen LogP contribution in [0.15, 0.2) is 30.3 Å². The van der Waals surface area contributed by atoms with E-state index in [1.54, 1.807) is 0 Å². The van der Waals surface area contributed by atoms with Crippen molar-refractivity contribution < 1.29 is 13.2 Å². The van der Waals surface area contributed by atoms with Crippen LogP contribution in [0.2, 0.25) is 0 Å². The number of nitrogens with zero attached hydrogens (tertiary/aromatic N) is 2. The van der Waals surface area contributed by atoms with E-state index < -0.39 is 16.1 Å². The van der Waals surface area contributed by atoms with E-state index in [9.17, 15) is 13.2 Å². The van der Waals surface area contributed by atoms with E-state index in [-0.39, 0.29) is 11.2 Å². The van der Waals surface area contributed by atoms with Crippen molar-refractivity contribution in [3.63, 3.8) is 0 Å². The maximum absolute atomic E-state index is 12.9. The van der Waals surface area contributed by atoms with E-state index in [0.29, 0.717) is 25.4 Å². The third-order valence-corrected chi connectivity index (χ3v) is 7.63. The highest BCUT2D eigenvalue weighted by atomic mass is 32.2. The van der Waals surface area contributed by atoms with Gasteiger partial charge in [-0.1, -0.05) is 30.3 Å². The van der Waals surface area contributed by atoms with Crippen LogP contribution in [0.4, 0.5) is 0 Å². The molecular weight excluding hydrogens is 312 g/mol. The van der Waals surface area contributed by atoms with Crippen LogP contribution in [0.25, 0.3) is 0 Å². The Balaban J connectivity index is 1.56. The third-order valence-electron chi connectivity index (χ3n) is 5.23. The summed E-state index contributed by atoms with van der Waals surface area (Å²) in [5, 5.41) is -0.239. The molecule has 23 heavy (non-hydrogen) atoms. The molecule has 0 radical (unpaired) electrons. The van der Waals surface area contributed by atoms with Crippen LogP contribution in [-0.2, 0) is 21.4 Å². The summed E-state index contributed by atoms with van der Waals surface area (Å²) in [6.45, 7) is 1.84. The minimum atomic E-state index is -3.28. The lowest BCUT2D eigenvalue weighted by Gasteiger charge is -2.45. The second kappa shape index (κ2) is 5.60. The number of rotatable bonds is 4. The number of fused-ring (bicyclic) bond motifs is 2. The van der Waals surface area contributed by atoms with Gasteiger partial charge in [-0.25, -0.2) is 8.42 Å². The molecule has 5 nitrogen and oxygen atoms in total. The predicted molar refractivity (Wildman–Crippen MR) is 87.0 cm³/mol. The zero-order valence-electron chi connectivity index (χ0n) is 13.1. The summed E-state index contributed by atoms with van der Waals surface area (Å²) in [4.78, 5) is 14.7. The Kier molecular flexibility index (Phi) is 3.69. The number of carbonyl (C=O) groups excluding carboxylic acids is 1. The number of hydrogen-bond acceptors (Lipinski definition) is 3. The van der Waals surface area contributed by atoms with Gasteiger partial charge >= 0.3 is 0 Å². The first-order valence-corrected chi connectivity index (χ1v) is 9.89. The van der Waals surface area contributed by atoms with Gasteiger partial charge in [0.2, 0.25) is 15.9 Å². The number of likely N-dealkylation sites (tertiary alicyclic amines) is 1. The molecule has 1 aromatic rings. The predicted octanol–water partition coefficient (Wildman–Crippen LogP) is 1.60. The lowest BCUT2D eigenvalue weighted by Crippen LogP contribution is -2.60. The van der Waals surface area contributed by atoms with Gasteiger partial charge in [-0.2, -0.15) is 4.31 Å². The minimum Gasteiger partial charge on any atom is -0.337 e. The van der Waals surface area contributed by atoms with Crippen LogP contribution in [-0.4, -0.2) is 47.9 Å². The summed E-state index contributed by atoms with van der Waals surface area (Å²) >= 11 is 0. The van der Waals surface area contributed by atoms with E-state index in [1.807, 2.05) is 35.2 Å². The fraction of sp³-hybridized carbons (Fsp3) is 0.588. The number of carbonyl (C=O) groups is 1. The van der Waals surface area contributed by atoms with Gasteiger partial charge in [0.05, 0.1) is 5.25 Å². The number of sulfonamides is 1. The van der Waals surface area contributed by atoms with Crippen LogP contribution in [0.1, 0.15) is 31.2 Å². The molecule has 124 valence electrons. The Morgan fingerprint density at radius 3 is 2.52 bits per heavy atom. The van der Waals surface area contributed by atoms with Crippen molar-refractivity contribution in [2.45, 2.75) is 43.5 Å². The normalized spacial score (nSPS) is 28.9. The lowest BCUT2D eigenvalue weighted by molar-refractivity contribution is -0.143. The molecule has 2 aliphatic heterocycles. The maximum atomic E-state index is 12.9. The zero-order chi connectivity index (χ0) is 16.0. The fourth-order valence-corrected chi connectivity index (χ4v) is 5.83. The molecule has 1 amide bonds. The highest BCUT2D eigenvalue weighted by Crippen LogP contribution is 2.38. The van der Waals surface area contributed by atoms with Gasteiger partial charge in [0.1, 0.15) is 6.04 Å². The van der Waals surface area contributed by atoms with Crippen molar-refractivity contribution in [2.75, 3.05) is 13.1 Å². The van der Waals surface area contributed by atoms with Crippen molar-refractivity contribution in [3.8, 4) is 0 Å². The molecule has 0 spiro atoms. The quantitative estimate of drug-likeness (QED) is 0.840. The van der Waals surface area contributed by atoms with Gasteiger partial charge in [0, 0.05) is 19.6 Å². The summed E-state index contributed by atoms with van der Waals surface area (Å²) in [5.41, 5.74) is 1.09. The molecule has 0 N–H and O–H groups in total. The van der Waals surface area contributed by atoms with Gasteiger partial charge in [0.15, 0.2) is 0 Å². The van der Waals surface area contributed by atoms with Crippen molar-refractivity contribution >= 4 is 15.9 Å². The molecule has 0 unspecified atom stereocenters. The first-order chi connectivity index (χ1) is 11.1. The first-order valence-electron chi connectivity index (χ1n) is 8.39. The van der Waals surface area contributed by atoms with Gasteiger partial charge < -0.3 is 4.90 Å². The zero-order valence-corrected chi connectivity index (χ0v) is 13.9. The van der Waals surface area contributed by atoms with Crippen LogP contribution in [0.3, 0.4) is 0 Å². The molecule has 3 aliphatic rings. The molecular formula is C17H22N2O3S. The van der Waals surface area contributed by atoms with Crippen LogP contribution in [0, 0.1) is 5.92 Å². The van der Waals surface area contributed by atoms with Crippen molar-refractivity contribution in [1.82, 2.24) is 9.21 Å². The van der Waals surface area contributed by atoms with E-state index >= 15 is 0 Å². The molecule has 2 bridgehead atoms. The van der Waals surface area contributed by atoms with Gasteiger partial charge in [0.25, 0.3) is 0 Å². The Hall–Kier alpha value is -1.40. The van der Waals surface area contributed by atoms with E-state index in [2.05, 4.69) is 0 Å². The molecule has 2 saturated heterocycles. The van der Waals surface area contributed by atoms with Crippen molar-refractivity contribution in [2.24, 2.45) is 5.92 Å². The number of hydrogen-bond donors (Lipinski definition) is 0. The smallest absolute Gasteiger partial charge is 0.241 e. The highest BCUT2D eigenvalue weighted by Gasteiger charge is 2.49. The standard InChI is InChI=1S/C17H22N2O3S/c20-17-16-10-14(8-9-19(16)23(21,22)15-6-7-15)12-18(17)11-13-4-2-1-3-5-13/h1-5,14-16H,6-12H2/t14-,16+/m0/s1. The second-order valence-electron chi connectivity index (χ2n) is 6.97. The number of piperidine rings is 2. The molecule has 2 heterocycles. The molecule has 0 aromatic heterocycles. The first kappa shape index (κ1) is 15.1. The third kappa shape index (κ3) is 2.78. The molecule has 3 fully saturated rings. The van der Waals surface area contributed by atoms with Gasteiger partial charge in [-0.3, -0.25) is 4.79 Å². The van der Waals surface area contributed by atoms with Crippen molar-refractivity contribution in [1.29, 1.82) is 0 Å². The lowest BCUT2D eigenvalue weighted by atomic mass is 9.87. The van der Waals surface area contributed by atoms with Crippen LogP contribution < -0.4 is 0 Å². The summed E-state index contributed by atoms with van der Waals surface area (Å²) in [6, 6.07) is 9.44. The Bertz CT molecular complexity index is 700. The number of amides is 1. The Labute approximate surface area is 137 Å². The van der Waals surface area contributed by atoms with E-state index in [0.717, 1.165) is 31.4 Å². The fourth-order valence-electron chi connectivity index (χ4n) is 3.83. The van der Waals surface area contributed by atoms with E-state index in [1.165, 1.54) is 4.31 Å². The monoisotopic (exact) mass is 334 g/mol. The van der Waals surface area contributed by atoms with Gasteiger partial charge in [-0.15, -0.1) is 0 Å². The molecule has 4 rings (SSSR count). The van der Waals surface area contributed by atoms with Gasteiger partial charge in [-0.05, 0) is 37.2 Å². The summed E-state index contributed by atoms with van der Waals surface area (Å²) in [6.07, 6.45) is 3.05. The summed E-state index contributed by atoms with van der Waals surface area (Å²) in [7, 11) is -3.28. The Morgan fingerprint density at radius 1 is 1.09 bits per heavy atom. The highest BCUT2D eigenvalue weighted by molar-refractivity contribution is 7.90.